The molecule has 0 fully saturated rings. The summed E-state index contributed by atoms with van der Waals surface area (Å²) in [5.74, 6) is -0.409. The second-order valence-corrected chi connectivity index (χ2v) is 10.6. The lowest BCUT2D eigenvalue weighted by Gasteiger charge is -2.22. The van der Waals surface area contributed by atoms with Crippen LogP contribution in [0.2, 0.25) is 0 Å². The molecule has 0 atom stereocenters. The number of sulfonamides is 1. The highest BCUT2D eigenvalue weighted by molar-refractivity contribution is 7.92. The Hall–Kier alpha value is -2.59. The van der Waals surface area contributed by atoms with Gasteiger partial charge in [-0.05, 0) is 61.9 Å². The van der Waals surface area contributed by atoms with Crippen LogP contribution in [0.15, 0.2) is 24.3 Å². The van der Waals surface area contributed by atoms with E-state index in [0.717, 1.165) is 53.1 Å². The van der Waals surface area contributed by atoms with Crippen LogP contribution < -0.4 is 14.4 Å². The molecule has 0 radical (unpaired) electrons. The number of amides is 1. The van der Waals surface area contributed by atoms with E-state index in [-0.39, 0.29) is 0 Å². The second kappa shape index (κ2) is 10.4. The second-order valence-electron chi connectivity index (χ2n) is 7.57. The number of carbonyl (C=O) groups excluding carboxylic acids is 2. The minimum atomic E-state index is -3.73. The summed E-state index contributed by atoms with van der Waals surface area (Å²) < 4.78 is 36.3. The normalized spacial score (nSPS) is 13.2. The molecular weight excluding hydrogens is 452 g/mol. The molecule has 2 aromatic rings. The van der Waals surface area contributed by atoms with Crippen LogP contribution in [0, 0.1) is 0 Å². The number of aryl methyl sites for hydroxylation is 1. The van der Waals surface area contributed by atoms with Crippen molar-refractivity contribution >= 4 is 43.9 Å². The molecule has 1 aromatic heterocycles. The molecule has 0 saturated carbocycles. The largest absolute Gasteiger partial charge is 0.494 e. The number of ether oxygens (including phenoxy) is 2. The molecule has 0 spiro atoms. The van der Waals surface area contributed by atoms with Gasteiger partial charge in [0.1, 0.15) is 17.3 Å². The van der Waals surface area contributed by atoms with Gasteiger partial charge in [0.15, 0.2) is 0 Å². The molecule has 0 aliphatic heterocycles. The van der Waals surface area contributed by atoms with Gasteiger partial charge in [0, 0.05) is 4.88 Å². The van der Waals surface area contributed by atoms with Crippen LogP contribution >= 0.6 is 11.3 Å². The third kappa shape index (κ3) is 5.60. The van der Waals surface area contributed by atoms with Gasteiger partial charge in [0.05, 0.1) is 31.2 Å². The van der Waals surface area contributed by atoms with Crippen molar-refractivity contribution in [2.24, 2.45) is 0 Å². The predicted molar refractivity (Wildman–Crippen MR) is 125 cm³/mol. The number of rotatable bonds is 9. The summed E-state index contributed by atoms with van der Waals surface area (Å²) in [6.07, 6.45) is 5.51. The molecular formula is C22H28N2O6S2. The number of anilines is 2. The number of nitrogens with zero attached hydrogens (tertiary/aromatic N) is 1. The average Bonchev–Trinajstić information content (AvgIpc) is 3.13. The summed E-state index contributed by atoms with van der Waals surface area (Å²) in [6.45, 7) is 2.13. The van der Waals surface area contributed by atoms with Crippen LogP contribution in [-0.2, 0) is 32.4 Å². The smallest absolute Gasteiger partial charge is 0.341 e. The highest BCUT2D eigenvalue weighted by Crippen LogP contribution is 2.38. The van der Waals surface area contributed by atoms with Crippen LogP contribution in [-0.4, -0.2) is 46.8 Å². The highest BCUT2D eigenvalue weighted by Gasteiger charge is 2.28. The molecule has 0 saturated heterocycles. The summed E-state index contributed by atoms with van der Waals surface area (Å²) in [6, 6.07) is 6.54. The molecule has 32 heavy (non-hydrogen) atoms. The number of esters is 1. The monoisotopic (exact) mass is 480 g/mol. The number of thiophene rings is 1. The Balaban J connectivity index is 1.81. The third-order valence-electron chi connectivity index (χ3n) is 5.10. The molecule has 1 N–H and O–H groups in total. The molecule has 1 heterocycles. The maximum atomic E-state index is 12.8. The Morgan fingerprint density at radius 1 is 1.16 bits per heavy atom. The number of benzene rings is 1. The van der Waals surface area contributed by atoms with Crippen molar-refractivity contribution in [1.82, 2.24) is 0 Å². The topological polar surface area (TPSA) is 102 Å². The van der Waals surface area contributed by atoms with Gasteiger partial charge >= 0.3 is 5.97 Å². The zero-order valence-corrected chi connectivity index (χ0v) is 20.1. The molecule has 1 aliphatic carbocycles. The average molecular weight is 481 g/mol. The van der Waals surface area contributed by atoms with Crippen molar-refractivity contribution in [3.05, 3.63) is 40.3 Å². The van der Waals surface area contributed by atoms with Gasteiger partial charge in [0.2, 0.25) is 15.9 Å². The van der Waals surface area contributed by atoms with Crippen molar-refractivity contribution in [3.8, 4) is 5.75 Å². The van der Waals surface area contributed by atoms with E-state index in [0.29, 0.717) is 28.6 Å². The van der Waals surface area contributed by atoms with Gasteiger partial charge in [-0.2, -0.15) is 0 Å². The van der Waals surface area contributed by atoms with Crippen molar-refractivity contribution < 1.29 is 27.5 Å². The Bertz CT molecular complexity index is 1080. The first-order chi connectivity index (χ1) is 15.2. The van der Waals surface area contributed by atoms with Crippen molar-refractivity contribution in [2.75, 3.05) is 36.1 Å². The zero-order chi connectivity index (χ0) is 23.3. The summed E-state index contributed by atoms with van der Waals surface area (Å²) >= 11 is 1.36. The van der Waals surface area contributed by atoms with Gasteiger partial charge in [-0.15, -0.1) is 11.3 Å². The zero-order valence-electron chi connectivity index (χ0n) is 18.5. The van der Waals surface area contributed by atoms with Gasteiger partial charge in [-0.1, -0.05) is 6.92 Å². The summed E-state index contributed by atoms with van der Waals surface area (Å²) in [5, 5.41) is 3.15. The Morgan fingerprint density at radius 2 is 1.84 bits per heavy atom. The number of fused-ring (bicyclic) bond motifs is 1. The van der Waals surface area contributed by atoms with Crippen LogP contribution in [0.4, 0.5) is 10.7 Å². The van der Waals surface area contributed by atoms with Crippen LogP contribution in [0.3, 0.4) is 0 Å². The standard InChI is InChI=1S/C22H28N2O6S2/c1-4-13-30-16-11-9-15(10-12-16)24(32(3,27)28)14-19(25)23-21-20(22(26)29-2)17-7-5-6-8-18(17)31-21/h9-12H,4-8,13-14H2,1-3H3,(H,23,25). The first-order valence-electron chi connectivity index (χ1n) is 10.5. The van der Waals surface area contributed by atoms with Gasteiger partial charge < -0.3 is 14.8 Å². The summed E-state index contributed by atoms with van der Waals surface area (Å²) in [5.41, 5.74) is 1.65. The Kier molecular flexibility index (Phi) is 7.78. The van der Waals surface area contributed by atoms with Crippen molar-refractivity contribution in [2.45, 2.75) is 39.0 Å². The van der Waals surface area contributed by atoms with E-state index in [4.69, 9.17) is 9.47 Å². The molecule has 10 heteroatoms. The van der Waals surface area contributed by atoms with Crippen LogP contribution in [0.25, 0.3) is 0 Å². The predicted octanol–water partition coefficient (Wildman–Crippen LogP) is 3.61. The molecule has 1 aliphatic rings. The van der Waals surface area contributed by atoms with Gasteiger partial charge in [-0.3, -0.25) is 9.10 Å². The maximum Gasteiger partial charge on any atom is 0.341 e. The minimum absolute atomic E-state index is 0.352. The maximum absolute atomic E-state index is 12.8. The Labute approximate surface area is 192 Å². The van der Waals surface area contributed by atoms with E-state index >= 15 is 0 Å². The fourth-order valence-corrected chi connectivity index (χ4v) is 5.75. The number of methoxy groups -OCH3 is 1. The molecule has 3 rings (SSSR count). The number of hydrogen-bond donors (Lipinski definition) is 1. The lowest BCUT2D eigenvalue weighted by atomic mass is 9.95. The van der Waals surface area contributed by atoms with E-state index in [2.05, 4.69) is 5.32 Å². The fourth-order valence-electron chi connectivity index (χ4n) is 3.60. The van der Waals surface area contributed by atoms with Gasteiger partial charge in [-0.25, -0.2) is 13.2 Å². The highest BCUT2D eigenvalue weighted by atomic mass is 32.2. The van der Waals surface area contributed by atoms with E-state index in [9.17, 15) is 18.0 Å². The van der Waals surface area contributed by atoms with Crippen molar-refractivity contribution in [3.63, 3.8) is 0 Å². The minimum Gasteiger partial charge on any atom is -0.494 e. The first kappa shape index (κ1) is 24.1. The summed E-state index contributed by atoms with van der Waals surface area (Å²) in [7, 11) is -2.42. The first-order valence-corrected chi connectivity index (χ1v) is 13.1. The molecule has 8 nitrogen and oxygen atoms in total. The number of nitrogens with one attached hydrogen (secondary N) is 1. The fraction of sp³-hybridized carbons (Fsp3) is 0.455. The summed E-state index contributed by atoms with van der Waals surface area (Å²) in [4.78, 5) is 26.3. The Morgan fingerprint density at radius 3 is 2.47 bits per heavy atom. The number of carbonyl (C=O) groups is 2. The van der Waals surface area contributed by atoms with E-state index < -0.39 is 28.4 Å². The lowest BCUT2D eigenvalue weighted by Crippen LogP contribution is -2.37. The quantitative estimate of drug-likeness (QED) is 0.550. The molecule has 1 amide bonds. The van der Waals surface area contributed by atoms with Crippen LogP contribution in [0.5, 0.6) is 5.75 Å². The molecule has 0 unspecified atom stereocenters. The number of hydrogen-bond acceptors (Lipinski definition) is 7. The van der Waals surface area contributed by atoms with E-state index in [1.807, 2.05) is 6.92 Å². The molecule has 0 bridgehead atoms. The van der Waals surface area contributed by atoms with E-state index in [1.54, 1.807) is 24.3 Å². The van der Waals surface area contributed by atoms with E-state index in [1.165, 1.54) is 18.4 Å². The van der Waals surface area contributed by atoms with Crippen molar-refractivity contribution in [1.29, 1.82) is 0 Å². The molecule has 1 aromatic carbocycles. The van der Waals surface area contributed by atoms with Crippen LogP contribution in [0.1, 0.15) is 47.0 Å². The molecule has 174 valence electrons. The third-order valence-corrected chi connectivity index (χ3v) is 7.45. The SMILES string of the molecule is CCCOc1ccc(N(CC(=O)Nc2sc3c(c2C(=O)OC)CCCC3)S(C)(=O)=O)cc1. The van der Waals surface area contributed by atoms with Gasteiger partial charge in [0.25, 0.3) is 0 Å². The lowest BCUT2D eigenvalue weighted by molar-refractivity contribution is -0.114.